The van der Waals surface area contributed by atoms with Crippen molar-refractivity contribution in [3.63, 3.8) is 0 Å². The summed E-state index contributed by atoms with van der Waals surface area (Å²) in [5, 5.41) is 9.21. The van der Waals surface area contributed by atoms with Crippen molar-refractivity contribution in [1.82, 2.24) is 0 Å². The van der Waals surface area contributed by atoms with E-state index >= 15 is 0 Å². The molecule has 1 aromatic rings. The first-order valence-corrected chi connectivity index (χ1v) is 3.70. The fourth-order valence-electron chi connectivity index (χ4n) is 0.855. The number of rotatable bonds is 2. The molecule has 1 rings (SSSR count). The van der Waals surface area contributed by atoms with Crippen LogP contribution in [0.3, 0.4) is 0 Å². The van der Waals surface area contributed by atoms with Gasteiger partial charge in [0.15, 0.2) is 0 Å². The fraction of sp³-hybridized carbons (Fsp3) is 0.222. The predicted octanol–water partition coefficient (Wildman–Crippen LogP) is 1.19. The lowest BCUT2D eigenvalue weighted by Crippen LogP contribution is -2.04. The number of hydrogen-bond donors (Lipinski definition) is 1. The molecule has 3 nitrogen and oxygen atoms in total. The summed E-state index contributed by atoms with van der Waals surface area (Å²) in [5.74, 6) is -0.536. The van der Waals surface area contributed by atoms with E-state index in [-0.39, 0.29) is 22.3 Å². The van der Waals surface area contributed by atoms with Crippen molar-refractivity contribution in [1.29, 1.82) is 0 Å². The molecule has 0 atom stereocenters. The maximum absolute atomic E-state index is 11.1. The Morgan fingerprint density at radius 1 is 1.46 bits per heavy atom. The minimum atomic E-state index is -0.490. The molecule has 0 aromatic heterocycles. The van der Waals surface area contributed by atoms with E-state index in [0.717, 1.165) is 0 Å². The molecule has 0 spiro atoms. The second-order valence-electron chi connectivity index (χ2n) is 2.24. The van der Waals surface area contributed by atoms with E-state index in [4.69, 9.17) is 4.74 Å². The van der Waals surface area contributed by atoms with Crippen LogP contribution in [0.1, 0.15) is 17.3 Å². The Bertz CT molecular complexity index is 286. The number of ether oxygens (including phenoxy) is 1. The molecular formula is C9H10O3Si. The maximum Gasteiger partial charge on any atom is 0.341 e. The van der Waals surface area contributed by atoms with Crippen LogP contribution in [0.2, 0.25) is 0 Å². The summed E-state index contributed by atoms with van der Waals surface area (Å²) in [6.45, 7) is 2.03. The first-order chi connectivity index (χ1) is 5.75. The van der Waals surface area contributed by atoms with Crippen LogP contribution in [0.4, 0.5) is 0 Å². The predicted molar refractivity (Wildman–Crippen MR) is 49.8 cm³/mol. The van der Waals surface area contributed by atoms with Crippen LogP contribution in [0.5, 0.6) is 5.75 Å². The van der Waals surface area contributed by atoms with Gasteiger partial charge in [0, 0.05) is 11.0 Å². The average Bonchev–Trinajstić information content (AvgIpc) is 2.05. The van der Waals surface area contributed by atoms with Crippen molar-refractivity contribution in [3.8, 4) is 5.75 Å². The summed E-state index contributed by atoms with van der Waals surface area (Å²) in [5.41, 5.74) is 0.208. The number of hydrogen-bond acceptors (Lipinski definition) is 3. The number of phenolic OH excluding ortho intramolecular Hbond substituents is 1. The van der Waals surface area contributed by atoms with E-state index in [0.29, 0.717) is 6.61 Å². The van der Waals surface area contributed by atoms with Crippen LogP contribution in [-0.2, 0) is 4.74 Å². The molecule has 13 heavy (non-hydrogen) atoms. The highest BCUT2D eigenvalue weighted by atomic mass is 28.1. The number of carbonyl (C=O) groups excluding carboxylic acids is 1. The molecule has 0 amide bonds. The van der Waals surface area contributed by atoms with Crippen molar-refractivity contribution in [2.45, 2.75) is 6.92 Å². The van der Waals surface area contributed by atoms with Gasteiger partial charge >= 0.3 is 5.97 Å². The zero-order valence-corrected chi connectivity index (χ0v) is 8.28. The quantitative estimate of drug-likeness (QED) is 0.568. The largest absolute Gasteiger partial charge is 0.507 e. The minimum Gasteiger partial charge on any atom is -0.507 e. The van der Waals surface area contributed by atoms with Gasteiger partial charge in [0.25, 0.3) is 0 Å². The monoisotopic (exact) mass is 194 g/mol. The summed E-state index contributed by atoms with van der Waals surface area (Å²) in [6, 6.07) is 6.30. The Labute approximate surface area is 81.4 Å². The molecule has 0 saturated carbocycles. The van der Waals surface area contributed by atoms with E-state index < -0.39 is 5.97 Å². The van der Waals surface area contributed by atoms with Crippen LogP contribution in [0, 0.1) is 0 Å². The van der Waals surface area contributed by atoms with Crippen LogP contribution >= 0.6 is 0 Å². The van der Waals surface area contributed by atoms with Gasteiger partial charge in [0.05, 0.1) is 6.61 Å². The summed E-state index contributed by atoms with van der Waals surface area (Å²) < 4.78 is 4.71. The third-order valence-electron chi connectivity index (χ3n) is 1.40. The minimum absolute atomic E-state index is 0. The molecule has 0 unspecified atom stereocenters. The van der Waals surface area contributed by atoms with Gasteiger partial charge in [-0.15, -0.1) is 0 Å². The molecule has 1 N–H and O–H groups in total. The number of para-hydroxylation sites is 1. The zero-order chi connectivity index (χ0) is 8.97. The second kappa shape index (κ2) is 5.37. The molecule has 4 radical (unpaired) electrons. The summed E-state index contributed by atoms with van der Waals surface area (Å²) in [6.07, 6.45) is 0. The first-order valence-electron chi connectivity index (χ1n) is 3.70. The number of esters is 1. The van der Waals surface area contributed by atoms with Crippen LogP contribution < -0.4 is 0 Å². The van der Waals surface area contributed by atoms with E-state index in [2.05, 4.69) is 0 Å². The first kappa shape index (κ1) is 11.7. The molecule has 0 saturated heterocycles. The van der Waals surface area contributed by atoms with Gasteiger partial charge in [0.1, 0.15) is 11.3 Å². The Kier molecular flexibility index (Phi) is 4.84. The number of benzene rings is 1. The Morgan fingerprint density at radius 2 is 2.08 bits per heavy atom. The summed E-state index contributed by atoms with van der Waals surface area (Å²) in [4.78, 5) is 11.1. The number of phenols is 1. The number of carbonyl (C=O) groups is 1. The molecule has 0 aliphatic carbocycles. The lowest BCUT2D eigenvalue weighted by atomic mass is 10.2. The Hall–Kier alpha value is -1.29. The molecule has 0 aliphatic heterocycles. The average molecular weight is 194 g/mol. The summed E-state index contributed by atoms with van der Waals surface area (Å²) in [7, 11) is 0. The van der Waals surface area contributed by atoms with E-state index in [1.54, 1.807) is 19.1 Å². The third kappa shape index (κ3) is 2.91. The number of aromatic hydroxyl groups is 1. The van der Waals surface area contributed by atoms with E-state index in [1.165, 1.54) is 12.1 Å². The van der Waals surface area contributed by atoms with E-state index in [1.807, 2.05) is 0 Å². The highest BCUT2D eigenvalue weighted by Crippen LogP contribution is 2.16. The normalized spacial score (nSPS) is 8.69. The fourth-order valence-corrected chi connectivity index (χ4v) is 0.855. The molecular weight excluding hydrogens is 184 g/mol. The lowest BCUT2D eigenvalue weighted by Gasteiger charge is -2.02. The van der Waals surface area contributed by atoms with Gasteiger partial charge in [-0.2, -0.15) is 0 Å². The zero-order valence-electron chi connectivity index (χ0n) is 7.28. The molecule has 1 aromatic carbocycles. The van der Waals surface area contributed by atoms with Crippen molar-refractivity contribution >= 4 is 16.9 Å². The lowest BCUT2D eigenvalue weighted by molar-refractivity contribution is 0.0523. The SMILES string of the molecule is CCOC(=O)c1ccccc1O.[Si]. The maximum atomic E-state index is 11.1. The molecule has 0 fully saturated rings. The van der Waals surface area contributed by atoms with Gasteiger partial charge < -0.3 is 9.84 Å². The topological polar surface area (TPSA) is 46.5 Å². The van der Waals surface area contributed by atoms with Crippen molar-refractivity contribution < 1.29 is 14.6 Å². The summed E-state index contributed by atoms with van der Waals surface area (Å²) >= 11 is 0. The highest BCUT2D eigenvalue weighted by Gasteiger charge is 2.09. The third-order valence-corrected chi connectivity index (χ3v) is 1.40. The van der Waals surface area contributed by atoms with Gasteiger partial charge in [-0.05, 0) is 19.1 Å². The van der Waals surface area contributed by atoms with Crippen LogP contribution in [0.15, 0.2) is 24.3 Å². The standard InChI is InChI=1S/C9H10O3.Si/c1-2-12-9(11)7-5-3-4-6-8(7)10;/h3-6,10H,2H2,1H3;. The van der Waals surface area contributed by atoms with Crippen molar-refractivity contribution in [3.05, 3.63) is 29.8 Å². The van der Waals surface area contributed by atoms with Crippen LogP contribution in [0.25, 0.3) is 0 Å². The molecule has 4 heteroatoms. The van der Waals surface area contributed by atoms with Crippen molar-refractivity contribution in [2.24, 2.45) is 0 Å². The van der Waals surface area contributed by atoms with E-state index in [9.17, 15) is 9.90 Å². The Morgan fingerprint density at radius 3 is 2.62 bits per heavy atom. The van der Waals surface area contributed by atoms with Gasteiger partial charge in [-0.25, -0.2) is 4.79 Å². The van der Waals surface area contributed by atoms with Crippen LogP contribution in [-0.4, -0.2) is 28.6 Å². The Balaban J connectivity index is 0.00000144. The highest BCUT2D eigenvalue weighted by molar-refractivity contribution is 5.92. The molecule has 0 bridgehead atoms. The van der Waals surface area contributed by atoms with Crippen molar-refractivity contribution in [2.75, 3.05) is 6.61 Å². The van der Waals surface area contributed by atoms with Gasteiger partial charge in [-0.1, -0.05) is 12.1 Å². The molecule has 0 aliphatic rings. The van der Waals surface area contributed by atoms with Gasteiger partial charge in [-0.3, -0.25) is 0 Å². The van der Waals surface area contributed by atoms with Gasteiger partial charge in [0.2, 0.25) is 0 Å². The second-order valence-corrected chi connectivity index (χ2v) is 2.24. The molecule has 0 heterocycles. The smallest absolute Gasteiger partial charge is 0.341 e. The molecule has 68 valence electrons.